The first-order valence-electron chi connectivity index (χ1n) is 6.81. The Morgan fingerprint density at radius 3 is 2.55 bits per heavy atom. The summed E-state index contributed by atoms with van der Waals surface area (Å²) in [4.78, 5) is 0. The van der Waals surface area contributed by atoms with Gasteiger partial charge in [-0.05, 0) is 23.5 Å². The van der Waals surface area contributed by atoms with Crippen molar-refractivity contribution in [1.82, 2.24) is 4.31 Å². The first-order chi connectivity index (χ1) is 9.53. The van der Waals surface area contributed by atoms with Crippen LogP contribution < -0.4 is 0 Å². The average Bonchev–Trinajstić information content (AvgIpc) is 2.48. The van der Waals surface area contributed by atoms with Crippen molar-refractivity contribution in [2.45, 2.75) is 13.3 Å². The van der Waals surface area contributed by atoms with Crippen LogP contribution in [0.15, 0.2) is 36.4 Å². The lowest BCUT2D eigenvalue weighted by Gasteiger charge is -2.27. The summed E-state index contributed by atoms with van der Waals surface area (Å²) in [6.45, 7) is 2.87. The number of rotatable bonds is 5. The molecule has 5 heteroatoms. The highest BCUT2D eigenvalue weighted by Gasteiger charge is 2.25. The third-order valence-electron chi connectivity index (χ3n) is 3.47. The van der Waals surface area contributed by atoms with Gasteiger partial charge in [-0.25, -0.2) is 8.42 Å². The zero-order chi connectivity index (χ0) is 14.6. The van der Waals surface area contributed by atoms with Crippen LogP contribution in [0.3, 0.4) is 0 Å². The minimum atomic E-state index is -3.20. The van der Waals surface area contributed by atoms with Gasteiger partial charge in [0.2, 0.25) is 10.0 Å². The summed E-state index contributed by atoms with van der Waals surface area (Å²) in [5.41, 5.74) is 2.40. The number of alkyl halides is 1. The minimum absolute atomic E-state index is 0.0128. The van der Waals surface area contributed by atoms with Gasteiger partial charge >= 0.3 is 0 Å². The van der Waals surface area contributed by atoms with E-state index in [1.54, 1.807) is 4.31 Å². The summed E-state index contributed by atoms with van der Waals surface area (Å²) < 4.78 is 26.0. The molecule has 1 aromatic rings. The maximum atomic E-state index is 12.2. The Morgan fingerprint density at radius 2 is 2.00 bits per heavy atom. The van der Waals surface area contributed by atoms with Gasteiger partial charge < -0.3 is 0 Å². The number of hydrogen-bond donors (Lipinski definition) is 0. The van der Waals surface area contributed by atoms with Crippen molar-refractivity contribution in [3.63, 3.8) is 0 Å². The van der Waals surface area contributed by atoms with Crippen LogP contribution in [0.2, 0.25) is 0 Å². The molecule has 3 nitrogen and oxygen atoms in total. The molecule has 0 spiro atoms. The van der Waals surface area contributed by atoms with E-state index in [0.29, 0.717) is 19.0 Å². The minimum Gasteiger partial charge on any atom is -0.212 e. The second-order valence-electron chi connectivity index (χ2n) is 5.24. The van der Waals surface area contributed by atoms with Gasteiger partial charge in [0.15, 0.2) is 0 Å². The Labute approximate surface area is 126 Å². The van der Waals surface area contributed by atoms with Crippen molar-refractivity contribution in [3.05, 3.63) is 42.0 Å². The topological polar surface area (TPSA) is 37.4 Å². The van der Waals surface area contributed by atoms with E-state index in [4.69, 9.17) is 11.6 Å². The van der Waals surface area contributed by atoms with Gasteiger partial charge in [-0.3, -0.25) is 0 Å². The molecule has 0 radical (unpaired) electrons. The molecule has 1 aliphatic heterocycles. The fourth-order valence-corrected chi connectivity index (χ4v) is 4.28. The summed E-state index contributed by atoms with van der Waals surface area (Å²) in [6, 6.07) is 10.1. The second-order valence-corrected chi connectivity index (χ2v) is 7.56. The summed E-state index contributed by atoms with van der Waals surface area (Å²) in [5.74, 6) is 0.490. The Kier molecular flexibility index (Phi) is 5.24. The van der Waals surface area contributed by atoms with Gasteiger partial charge in [-0.2, -0.15) is 4.31 Å². The van der Waals surface area contributed by atoms with Gasteiger partial charge in [0, 0.05) is 19.0 Å². The fourth-order valence-electron chi connectivity index (χ4n) is 2.33. The molecule has 1 unspecified atom stereocenters. The number of halogens is 1. The van der Waals surface area contributed by atoms with Crippen molar-refractivity contribution in [3.8, 4) is 0 Å². The van der Waals surface area contributed by atoms with Crippen molar-refractivity contribution in [2.75, 3.05) is 24.7 Å². The van der Waals surface area contributed by atoms with Crippen molar-refractivity contribution in [2.24, 2.45) is 5.92 Å². The van der Waals surface area contributed by atoms with Gasteiger partial charge in [0.1, 0.15) is 0 Å². The molecule has 0 saturated carbocycles. The molecule has 2 rings (SSSR count). The van der Waals surface area contributed by atoms with Crippen LogP contribution in [0.25, 0.3) is 5.57 Å². The molecule has 0 bridgehead atoms. The van der Waals surface area contributed by atoms with Crippen LogP contribution in [0.1, 0.15) is 18.9 Å². The van der Waals surface area contributed by atoms with Crippen molar-refractivity contribution >= 4 is 27.2 Å². The van der Waals surface area contributed by atoms with Crippen molar-refractivity contribution in [1.29, 1.82) is 0 Å². The van der Waals surface area contributed by atoms with Gasteiger partial charge in [0.25, 0.3) is 0 Å². The van der Waals surface area contributed by atoms with Crippen molar-refractivity contribution < 1.29 is 8.42 Å². The maximum absolute atomic E-state index is 12.2. The lowest BCUT2D eigenvalue weighted by Crippen LogP contribution is -2.38. The molecule has 1 atom stereocenters. The molecule has 0 N–H and O–H groups in total. The zero-order valence-electron chi connectivity index (χ0n) is 11.6. The molecular formula is C15H20ClNO2S. The highest BCUT2D eigenvalue weighted by Crippen LogP contribution is 2.24. The van der Waals surface area contributed by atoms with E-state index < -0.39 is 10.0 Å². The Morgan fingerprint density at radius 1 is 1.30 bits per heavy atom. The summed E-state index contributed by atoms with van der Waals surface area (Å²) in [5, 5.41) is 0. The number of benzene rings is 1. The van der Waals surface area contributed by atoms with Crippen LogP contribution in [-0.4, -0.2) is 37.4 Å². The SMILES string of the molecule is CC(CCl)CS(=O)(=O)N1CC=C(c2ccccc2)CC1. The highest BCUT2D eigenvalue weighted by atomic mass is 35.5. The Hall–Kier alpha value is -0.840. The molecule has 0 aromatic heterocycles. The van der Waals surface area contributed by atoms with E-state index >= 15 is 0 Å². The van der Waals surface area contributed by atoms with Crippen LogP contribution in [0.5, 0.6) is 0 Å². The largest absolute Gasteiger partial charge is 0.214 e. The van der Waals surface area contributed by atoms with E-state index in [9.17, 15) is 8.42 Å². The van der Waals surface area contributed by atoms with E-state index in [-0.39, 0.29) is 11.7 Å². The first kappa shape index (κ1) is 15.5. The first-order valence-corrected chi connectivity index (χ1v) is 8.95. The molecule has 110 valence electrons. The van der Waals surface area contributed by atoms with E-state index in [0.717, 1.165) is 6.42 Å². The number of hydrogen-bond acceptors (Lipinski definition) is 2. The third kappa shape index (κ3) is 3.84. The molecule has 0 fully saturated rings. The second kappa shape index (κ2) is 6.74. The van der Waals surface area contributed by atoms with E-state index in [1.807, 2.05) is 31.2 Å². The predicted molar refractivity (Wildman–Crippen MR) is 84.3 cm³/mol. The van der Waals surface area contributed by atoms with Gasteiger partial charge in [0.05, 0.1) is 5.75 Å². The monoisotopic (exact) mass is 313 g/mol. The third-order valence-corrected chi connectivity index (χ3v) is 6.10. The van der Waals surface area contributed by atoms with Gasteiger partial charge in [-0.15, -0.1) is 11.6 Å². The summed E-state index contributed by atoms with van der Waals surface area (Å²) in [7, 11) is -3.20. The van der Waals surface area contributed by atoms with Crippen LogP contribution >= 0.6 is 11.6 Å². The molecule has 1 aliphatic rings. The summed E-state index contributed by atoms with van der Waals surface area (Å²) >= 11 is 5.71. The maximum Gasteiger partial charge on any atom is 0.214 e. The van der Waals surface area contributed by atoms with Crippen LogP contribution in [-0.2, 0) is 10.0 Å². The molecule has 0 saturated heterocycles. The summed E-state index contributed by atoms with van der Waals surface area (Å²) in [6.07, 6.45) is 2.78. The molecule has 0 aliphatic carbocycles. The smallest absolute Gasteiger partial charge is 0.212 e. The fraction of sp³-hybridized carbons (Fsp3) is 0.467. The molecule has 1 heterocycles. The zero-order valence-corrected chi connectivity index (χ0v) is 13.2. The average molecular weight is 314 g/mol. The lowest BCUT2D eigenvalue weighted by atomic mass is 10.0. The molecule has 20 heavy (non-hydrogen) atoms. The number of nitrogens with zero attached hydrogens (tertiary/aromatic N) is 1. The molecule has 1 aromatic carbocycles. The normalized spacial score (nSPS) is 18.6. The quantitative estimate of drug-likeness (QED) is 0.784. The van der Waals surface area contributed by atoms with Gasteiger partial charge in [-0.1, -0.05) is 43.3 Å². The predicted octanol–water partition coefficient (Wildman–Crippen LogP) is 2.98. The molecule has 0 amide bonds. The lowest BCUT2D eigenvalue weighted by molar-refractivity contribution is 0.436. The van der Waals surface area contributed by atoms with E-state index in [2.05, 4.69) is 12.1 Å². The number of sulfonamides is 1. The standard InChI is InChI=1S/C15H20ClNO2S/c1-13(11-16)12-20(18,19)17-9-7-15(8-10-17)14-5-3-2-4-6-14/h2-7,13H,8-12H2,1H3. The highest BCUT2D eigenvalue weighted by molar-refractivity contribution is 7.89. The Bertz CT molecular complexity index is 569. The Balaban J connectivity index is 2.05. The molecular weight excluding hydrogens is 294 g/mol. The van der Waals surface area contributed by atoms with E-state index in [1.165, 1.54) is 11.1 Å². The van der Waals surface area contributed by atoms with Crippen LogP contribution in [0.4, 0.5) is 0 Å². The van der Waals surface area contributed by atoms with Crippen LogP contribution in [0, 0.1) is 5.92 Å².